The van der Waals surface area contributed by atoms with E-state index in [2.05, 4.69) is 67.0 Å². The van der Waals surface area contributed by atoms with Crippen molar-refractivity contribution in [3.8, 4) is 0 Å². The molecule has 0 spiro atoms. The molecule has 0 radical (unpaired) electrons. The van der Waals surface area contributed by atoms with Crippen molar-refractivity contribution in [2.75, 3.05) is 12.8 Å². The summed E-state index contributed by atoms with van der Waals surface area (Å²) in [5.74, 6) is 3.06. The highest BCUT2D eigenvalue weighted by molar-refractivity contribution is 7.98. The minimum atomic E-state index is 0.834. The van der Waals surface area contributed by atoms with Crippen molar-refractivity contribution in [2.45, 2.75) is 17.9 Å². The number of hydrogen-bond acceptors (Lipinski definition) is 3. The molecule has 1 N–H and O–H groups in total. The van der Waals surface area contributed by atoms with E-state index in [9.17, 15) is 0 Å². The van der Waals surface area contributed by atoms with Crippen molar-refractivity contribution in [3.63, 3.8) is 0 Å². The van der Waals surface area contributed by atoms with Gasteiger partial charge in [0.2, 0.25) is 0 Å². The van der Waals surface area contributed by atoms with Gasteiger partial charge in [0.05, 0.1) is 0 Å². The largest absolute Gasteiger partial charge is 0.392 e. The lowest BCUT2D eigenvalue weighted by Crippen LogP contribution is -2.04. The lowest BCUT2D eigenvalue weighted by molar-refractivity contribution is 0.914. The first-order valence-corrected chi connectivity index (χ1v) is 9.17. The number of thiol groups is 1. The van der Waals surface area contributed by atoms with E-state index in [1.165, 1.54) is 11.1 Å². The molecular formula is C19H25NS2. The Morgan fingerprint density at radius 3 is 2.00 bits per heavy atom. The Balaban J connectivity index is 0.000000255. The van der Waals surface area contributed by atoms with Gasteiger partial charge < -0.3 is 5.32 Å². The van der Waals surface area contributed by atoms with Crippen molar-refractivity contribution < 1.29 is 0 Å². The number of benzene rings is 2. The fraction of sp³-hybridized carbons (Fsp3) is 0.263. The molecule has 0 bridgehead atoms. The van der Waals surface area contributed by atoms with E-state index in [1.807, 2.05) is 37.0 Å². The summed E-state index contributed by atoms with van der Waals surface area (Å²) >= 11 is 6.06. The minimum Gasteiger partial charge on any atom is -0.392 e. The molecule has 22 heavy (non-hydrogen) atoms. The highest BCUT2D eigenvalue weighted by Gasteiger charge is 1.93. The van der Waals surface area contributed by atoms with Crippen LogP contribution in [0.3, 0.4) is 0 Å². The number of thioether (sulfide) groups is 1. The topological polar surface area (TPSA) is 12.0 Å². The summed E-state index contributed by atoms with van der Waals surface area (Å²) in [5.41, 5.74) is 3.79. The van der Waals surface area contributed by atoms with E-state index >= 15 is 0 Å². The highest BCUT2D eigenvalue weighted by Crippen LogP contribution is 2.13. The van der Waals surface area contributed by atoms with Crippen LogP contribution < -0.4 is 5.32 Å². The second kappa shape index (κ2) is 12.2. The summed E-state index contributed by atoms with van der Waals surface area (Å²) < 4.78 is 0. The van der Waals surface area contributed by atoms with Crippen LogP contribution in [-0.4, -0.2) is 12.8 Å². The van der Waals surface area contributed by atoms with Crippen LogP contribution in [0.4, 0.5) is 0 Å². The van der Waals surface area contributed by atoms with E-state index in [4.69, 9.17) is 0 Å². The maximum Gasteiger partial charge on any atom is 0.0184 e. The Morgan fingerprint density at radius 2 is 1.55 bits per heavy atom. The zero-order valence-corrected chi connectivity index (χ0v) is 14.9. The molecule has 0 amide bonds. The van der Waals surface area contributed by atoms with Crippen LogP contribution in [0.2, 0.25) is 0 Å². The molecule has 2 aromatic rings. The lowest BCUT2D eigenvalue weighted by Gasteiger charge is -2.04. The third-order valence-electron chi connectivity index (χ3n) is 3.04. The summed E-state index contributed by atoms with van der Waals surface area (Å²) in [6.45, 7) is 3.89. The molecule has 2 aromatic carbocycles. The Labute approximate surface area is 144 Å². The van der Waals surface area contributed by atoms with E-state index in [0.717, 1.165) is 29.4 Å². The average Bonchev–Trinajstić information content (AvgIpc) is 2.60. The zero-order chi connectivity index (χ0) is 16.0. The Morgan fingerprint density at radius 1 is 1.00 bits per heavy atom. The van der Waals surface area contributed by atoms with Crippen LogP contribution >= 0.6 is 24.4 Å². The fourth-order valence-corrected chi connectivity index (χ4v) is 2.84. The van der Waals surface area contributed by atoms with Crippen molar-refractivity contribution in [1.29, 1.82) is 0 Å². The Bertz CT molecular complexity index is 511. The SMILES string of the molecule is C=C(CCSCc1ccccc1)NC.SCc1ccccc1. The summed E-state index contributed by atoms with van der Waals surface area (Å²) in [5, 5.41) is 3.06. The molecule has 0 aliphatic carbocycles. The van der Waals surface area contributed by atoms with Crippen LogP contribution in [0.25, 0.3) is 0 Å². The number of allylic oxidation sites excluding steroid dienone is 1. The maximum atomic E-state index is 4.11. The molecule has 1 nitrogen and oxygen atoms in total. The van der Waals surface area contributed by atoms with Crippen LogP contribution in [-0.2, 0) is 11.5 Å². The lowest BCUT2D eigenvalue weighted by atomic mass is 10.2. The maximum absolute atomic E-state index is 4.11. The molecule has 2 rings (SSSR count). The van der Waals surface area contributed by atoms with E-state index < -0.39 is 0 Å². The van der Waals surface area contributed by atoms with Crippen LogP contribution in [0.15, 0.2) is 72.9 Å². The van der Waals surface area contributed by atoms with Gasteiger partial charge in [0.25, 0.3) is 0 Å². The molecule has 0 atom stereocenters. The van der Waals surface area contributed by atoms with Crippen molar-refractivity contribution >= 4 is 24.4 Å². The predicted octanol–water partition coefficient (Wildman–Crippen LogP) is 5.16. The first-order chi connectivity index (χ1) is 10.8. The van der Waals surface area contributed by atoms with Gasteiger partial charge in [-0.3, -0.25) is 0 Å². The second-order valence-corrected chi connectivity index (χ2v) is 6.21. The molecule has 3 heteroatoms. The number of nitrogens with one attached hydrogen (secondary N) is 1. The first-order valence-electron chi connectivity index (χ1n) is 7.38. The molecule has 0 aromatic heterocycles. The standard InChI is InChI=1S/C12H17NS.C7H8S/c1-11(13-2)8-9-14-10-12-6-4-3-5-7-12;8-6-7-4-2-1-3-5-7/h3-7,13H,1,8-10H2,2H3;1-5,8H,6H2. The van der Waals surface area contributed by atoms with Crippen molar-refractivity contribution in [3.05, 3.63) is 84.1 Å². The Kier molecular flexibility index (Phi) is 10.4. The molecule has 0 heterocycles. The molecule has 0 saturated heterocycles. The van der Waals surface area contributed by atoms with Gasteiger partial charge in [-0.05, 0) is 23.3 Å². The summed E-state index contributed by atoms with van der Waals surface area (Å²) in [6, 6.07) is 20.7. The van der Waals surface area contributed by atoms with E-state index in [1.54, 1.807) is 0 Å². The van der Waals surface area contributed by atoms with Gasteiger partial charge in [0, 0.05) is 24.3 Å². The van der Waals surface area contributed by atoms with Gasteiger partial charge in [0.15, 0.2) is 0 Å². The monoisotopic (exact) mass is 331 g/mol. The predicted molar refractivity (Wildman–Crippen MR) is 105 cm³/mol. The number of rotatable bonds is 7. The molecule has 0 fully saturated rings. The number of hydrogen-bond donors (Lipinski definition) is 2. The minimum absolute atomic E-state index is 0.834. The second-order valence-electron chi connectivity index (χ2n) is 4.79. The quantitative estimate of drug-likeness (QED) is 0.537. The van der Waals surface area contributed by atoms with Gasteiger partial charge in [-0.25, -0.2) is 0 Å². The van der Waals surface area contributed by atoms with Gasteiger partial charge >= 0.3 is 0 Å². The van der Waals surface area contributed by atoms with Crippen LogP contribution in [0, 0.1) is 0 Å². The van der Waals surface area contributed by atoms with E-state index in [0.29, 0.717) is 0 Å². The Hall–Kier alpha value is -1.32. The first kappa shape index (κ1) is 18.7. The summed E-state index contributed by atoms with van der Waals surface area (Å²) in [7, 11) is 1.92. The summed E-state index contributed by atoms with van der Waals surface area (Å²) in [4.78, 5) is 0. The highest BCUT2D eigenvalue weighted by atomic mass is 32.2. The molecule has 0 aliphatic rings. The molecule has 0 aliphatic heterocycles. The third kappa shape index (κ3) is 8.85. The molecular weight excluding hydrogens is 306 g/mol. The van der Waals surface area contributed by atoms with E-state index in [-0.39, 0.29) is 0 Å². The van der Waals surface area contributed by atoms with Gasteiger partial charge in [-0.1, -0.05) is 67.2 Å². The molecule has 0 saturated carbocycles. The fourth-order valence-electron chi connectivity index (χ4n) is 1.67. The van der Waals surface area contributed by atoms with Crippen LogP contribution in [0.5, 0.6) is 0 Å². The van der Waals surface area contributed by atoms with Gasteiger partial charge in [0.1, 0.15) is 0 Å². The third-order valence-corrected chi connectivity index (χ3v) is 4.43. The normalized spacial score (nSPS) is 9.55. The smallest absolute Gasteiger partial charge is 0.0184 e. The summed E-state index contributed by atoms with van der Waals surface area (Å²) in [6.07, 6.45) is 1.05. The van der Waals surface area contributed by atoms with Crippen LogP contribution in [0.1, 0.15) is 17.5 Å². The van der Waals surface area contributed by atoms with Crippen molar-refractivity contribution in [1.82, 2.24) is 5.32 Å². The molecule has 0 unspecified atom stereocenters. The van der Waals surface area contributed by atoms with Crippen molar-refractivity contribution in [2.24, 2.45) is 0 Å². The molecule has 118 valence electrons. The van der Waals surface area contributed by atoms with Gasteiger partial charge in [-0.2, -0.15) is 24.4 Å². The average molecular weight is 332 g/mol. The zero-order valence-electron chi connectivity index (χ0n) is 13.2. The van der Waals surface area contributed by atoms with Gasteiger partial charge in [-0.15, -0.1) is 0 Å².